The highest BCUT2D eigenvalue weighted by atomic mass is 35.5. The molecule has 0 bridgehead atoms. The molecule has 0 spiro atoms. The quantitative estimate of drug-likeness (QED) is 0.544. The average molecular weight is 187 g/mol. The second-order valence-corrected chi connectivity index (χ2v) is 3.35. The zero-order valence-corrected chi connectivity index (χ0v) is 7.91. The van der Waals surface area contributed by atoms with Crippen molar-refractivity contribution in [3.8, 4) is 0 Å². The lowest BCUT2D eigenvalue weighted by Gasteiger charge is -1.98. The third kappa shape index (κ3) is 3.17. The Morgan fingerprint density at radius 2 is 1.82 bits per heavy atom. The highest BCUT2D eigenvalue weighted by Crippen LogP contribution is 2.09. The van der Waals surface area contributed by atoms with Gasteiger partial charge in [0.1, 0.15) is 0 Å². The molecule has 0 N–H and O–H groups in total. The summed E-state index contributed by atoms with van der Waals surface area (Å²) in [6.45, 7) is 0. The summed E-state index contributed by atoms with van der Waals surface area (Å²) in [5.41, 5.74) is 1.34. The average Bonchev–Trinajstić information content (AvgIpc) is 2.04. The summed E-state index contributed by atoms with van der Waals surface area (Å²) in [6.07, 6.45) is 2.12. The molecular weight excluding hydrogens is 176 g/mol. The summed E-state index contributed by atoms with van der Waals surface area (Å²) >= 11 is 9.76. The fourth-order valence-electron chi connectivity index (χ4n) is 0.934. The van der Waals surface area contributed by atoms with Crippen LogP contribution in [0.4, 0.5) is 0 Å². The van der Waals surface area contributed by atoms with Crippen LogP contribution in [0, 0.1) is 0 Å². The van der Waals surface area contributed by atoms with Crippen LogP contribution in [-0.4, -0.2) is 5.88 Å². The Balaban J connectivity index is 2.52. The van der Waals surface area contributed by atoms with Crippen molar-refractivity contribution in [2.24, 2.45) is 0 Å². The second-order valence-electron chi connectivity index (χ2n) is 2.46. The van der Waals surface area contributed by atoms with Crippen molar-refractivity contribution in [3.63, 3.8) is 0 Å². The van der Waals surface area contributed by atoms with Crippen LogP contribution in [0.5, 0.6) is 0 Å². The van der Waals surface area contributed by atoms with Crippen molar-refractivity contribution in [1.29, 1.82) is 0 Å². The minimum absolute atomic E-state index is 0.739. The molecule has 0 saturated heterocycles. The van der Waals surface area contributed by atoms with Crippen LogP contribution in [0.3, 0.4) is 0 Å². The Morgan fingerprint density at radius 3 is 2.36 bits per heavy atom. The molecule has 0 unspecified atom stereocenters. The first-order valence-corrected chi connectivity index (χ1v) is 4.65. The van der Waals surface area contributed by atoms with Gasteiger partial charge in [0, 0.05) is 10.8 Å². The first-order chi connectivity index (χ1) is 5.33. The van der Waals surface area contributed by atoms with Gasteiger partial charge in [-0.25, -0.2) is 0 Å². The Labute approximate surface area is 78.0 Å². The molecule has 1 aromatic carbocycles. The summed E-state index contributed by atoms with van der Waals surface area (Å²) in [5, 5.41) is 0. The van der Waals surface area contributed by atoms with Crippen LogP contribution in [0.2, 0.25) is 0 Å². The van der Waals surface area contributed by atoms with Gasteiger partial charge in [0.05, 0.1) is 0 Å². The molecule has 1 aromatic rings. The minimum atomic E-state index is 0.739. The van der Waals surface area contributed by atoms with Gasteiger partial charge >= 0.3 is 0 Å². The molecule has 0 radical (unpaired) electrons. The summed E-state index contributed by atoms with van der Waals surface area (Å²) < 4.78 is 0. The number of benzene rings is 1. The van der Waals surface area contributed by atoms with Crippen LogP contribution in [0.1, 0.15) is 12.0 Å². The molecular formula is C9H11ClS. The largest absolute Gasteiger partial charge is 0.143 e. The minimum Gasteiger partial charge on any atom is -0.143 e. The van der Waals surface area contributed by atoms with E-state index < -0.39 is 0 Å². The van der Waals surface area contributed by atoms with E-state index in [1.807, 2.05) is 12.1 Å². The third-order valence-corrected chi connectivity index (χ3v) is 2.10. The predicted molar refractivity (Wildman–Crippen MR) is 52.7 cm³/mol. The molecule has 0 aliphatic heterocycles. The Kier molecular flexibility index (Phi) is 3.81. The van der Waals surface area contributed by atoms with Crippen LogP contribution in [-0.2, 0) is 6.42 Å². The molecule has 1 rings (SSSR count). The maximum Gasteiger partial charge on any atom is 0.0226 e. The summed E-state index contributed by atoms with van der Waals surface area (Å²) in [7, 11) is 0. The lowest BCUT2D eigenvalue weighted by atomic mass is 10.1. The van der Waals surface area contributed by atoms with E-state index in [-0.39, 0.29) is 0 Å². The fourth-order valence-corrected chi connectivity index (χ4v) is 1.22. The maximum atomic E-state index is 5.57. The molecule has 0 nitrogen and oxygen atoms in total. The maximum absolute atomic E-state index is 5.57. The highest BCUT2D eigenvalue weighted by molar-refractivity contribution is 7.80. The van der Waals surface area contributed by atoms with Crippen LogP contribution < -0.4 is 0 Å². The van der Waals surface area contributed by atoms with Crippen molar-refractivity contribution in [3.05, 3.63) is 29.8 Å². The van der Waals surface area contributed by atoms with Crippen molar-refractivity contribution < 1.29 is 0 Å². The van der Waals surface area contributed by atoms with Crippen molar-refractivity contribution >= 4 is 24.2 Å². The van der Waals surface area contributed by atoms with E-state index in [1.165, 1.54) is 5.56 Å². The van der Waals surface area contributed by atoms with Gasteiger partial charge < -0.3 is 0 Å². The van der Waals surface area contributed by atoms with Gasteiger partial charge in [0.2, 0.25) is 0 Å². The highest BCUT2D eigenvalue weighted by Gasteiger charge is 1.90. The topological polar surface area (TPSA) is 0 Å². The zero-order chi connectivity index (χ0) is 8.10. The van der Waals surface area contributed by atoms with Crippen LogP contribution in [0.15, 0.2) is 29.2 Å². The number of halogens is 1. The summed E-state index contributed by atoms with van der Waals surface area (Å²) in [5.74, 6) is 0.739. The Bertz CT molecular complexity index is 205. The molecule has 0 saturated carbocycles. The van der Waals surface area contributed by atoms with E-state index in [9.17, 15) is 0 Å². The fraction of sp³-hybridized carbons (Fsp3) is 0.333. The number of rotatable bonds is 3. The predicted octanol–water partition coefficient (Wildman–Crippen LogP) is 3.15. The van der Waals surface area contributed by atoms with E-state index in [4.69, 9.17) is 11.6 Å². The van der Waals surface area contributed by atoms with E-state index in [2.05, 4.69) is 24.8 Å². The first kappa shape index (κ1) is 8.95. The molecule has 0 aromatic heterocycles. The number of hydrogen-bond donors (Lipinski definition) is 1. The van der Waals surface area contributed by atoms with Crippen LogP contribution >= 0.6 is 24.2 Å². The number of hydrogen-bond acceptors (Lipinski definition) is 1. The second kappa shape index (κ2) is 4.68. The first-order valence-electron chi connectivity index (χ1n) is 3.67. The molecule has 2 heteroatoms. The van der Waals surface area contributed by atoms with E-state index in [0.29, 0.717) is 0 Å². The van der Waals surface area contributed by atoms with Crippen molar-refractivity contribution in [1.82, 2.24) is 0 Å². The lowest BCUT2D eigenvalue weighted by Crippen LogP contribution is -1.84. The van der Waals surface area contributed by atoms with Gasteiger partial charge in [0.15, 0.2) is 0 Å². The van der Waals surface area contributed by atoms with E-state index >= 15 is 0 Å². The normalized spacial score (nSPS) is 10.0. The molecule has 60 valence electrons. The lowest BCUT2D eigenvalue weighted by molar-refractivity contribution is 0.927. The van der Waals surface area contributed by atoms with E-state index in [1.54, 1.807) is 0 Å². The van der Waals surface area contributed by atoms with Gasteiger partial charge in [-0.05, 0) is 30.5 Å². The van der Waals surface area contributed by atoms with E-state index in [0.717, 1.165) is 23.6 Å². The van der Waals surface area contributed by atoms with Gasteiger partial charge in [-0.15, -0.1) is 24.2 Å². The smallest absolute Gasteiger partial charge is 0.0226 e. The van der Waals surface area contributed by atoms with Gasteiger partial charge in [-0.3, -0.25) is 0 Å². The van der Waals surface area contributed by atoms with Crippen molar-refractivity contribution in [2.45, 2.75) is 17.7 Å². The van der Waals surface area contributed by atoms with Crippen molar-refractivity contribution in [2.75, 3.05) is 5.88 Å². The summed E-state index contributed by atoms with van der Waals surface area (Å²) in [4.78, 5) is 1.01. The number of thiol groups is 1. The van der Waals surface area contributed by atoms with Gasteiger partial charge in [-0.2, -0.15) is 0 Å². The molecule has 0 heterocycles. The Hall–Kier alpha value is -0.140. The molecule has 0 aliphatic carbocycles. The van der Waals surface area contributed by atoms with Crippen LogP contribution in [0.25, 0.3) is 0 Å². The molecule has 0 aliphatic rings. The molecule has 0 amide bonds. The molecule has 11 heavy (non-hydrogen) atoms. The molecule has 0 atom stereocenters. The standard InChI is InChI=1S/C9H11ClS/c10-7-1-2-8-3-5-9(11)6-4-8/h3-6,11H,1-2,7H2. The number of aryl methyl sites for hydroxylation is 1. The van der Waals surface area contributed by atoms with Gasteiger partial charge in [-0.1, -0.05) is 12.1 Å². The zero-order valence-electron chi connectivity index (χ0n) is 6.26. The Morgan fingerprint density at radius 1 is 1.18 bits per heavy atom. The summed E-state index contributed by atoms with van der Waals surface area (Å²) in [6, 6.07) is 8.20. The monoisotopic (exact) mass is 186 g/mol. The molecule has 0 fully saturated rings. The third-order valence-electron chi connectivity index (χ3n) is 1.54. The number of alkyl halides is 1. The SMILES string of the molecule is Sc1ccc(CCCCl)cc1. The van der Waals surface area contributed by atoms with Gasteiger partial charge in [0.25, 0.3) is 0 Å².